The van der Waals surface area contributed by atoms with Gasteiger partial charge in [-0.25, -0.2) is 0 Å². The Bertz CT molecular complexity index is 444. The van der Waals surface area contributed by atoms with Crippen molar-refractivity contribution >= 4 is 17.3 Å². The topological polar surface area (TPSA) is 91.4 Å². The van der Waals surface area contributed by atoms with E-state index in [1.807, 2.05) is 0 Å². The fraction of sp³-hybridized carbons (Fsp3) is 0.875. The molecule has 0 atom stereocenters. The van der Waals surface area contributed by atoms with Crippen molar-refractivity contribution in [2.24, 2.45) is 17.8 Å². The third-order valence-corrected chi connectivity index (χ3v) is 5.97. The van der Waals surface area contributed by atoms with Crippen molar-refractivity contribution in [2.45, 2.75) is 78.6 Å². The quantitative estimate of drug-likeness (QED) is 0.421. The summed E-state index contributed by atoms with van der Waals surface area (Å²) in [5.74, 6) is 2.93. The van der Waals surface area contributed by atoms with Crippen LogP contribution in [0.1, 0.15) is 80.0 Å². The van der Waals surface area contributed by atoms with Gasteiger partial charge in [-0.05, 0) is 64.5 Å². The molecule has 3 aliphatic heterocycles. The van der Waals surface area contributed by atoms with Gasteiger partial charge in [0.25, 0.3) is 0 Å². The predicted molar refractivity (Wildman–Crippen MR) is 125 cm³/mol. The van der Waals surface area contributed by atoms with Crippen LogP contribution in [0.2, 0.25) is 0 Å². The molecule has 3 rings (SSSR count). The standard InChI is InChI=1S/C8H15NO.2C8H14NO.Ar.2W.H2/c3*1-7(10)6-8-2-4-9-5-3-8;;;;/h8-9H,2-6H2,1H3;2*8H,2-6H2,1H3;;;;1H/q;2*-1;;;;. The van der Waals surface area contributed by atoms with Gasteiger partial charge in [-0.1, -0.05) is 25.7 Å². The third kappa shape index (κ3) is 23.7. The predicted octanol–water partition coefficient (Wildman–Crippen LogP) is 4.70. The summed E-state index contributed by atoms with van der Waals surface area (Å²) in [7, 11) is 0. The van der Waals surface area contributed by atoms with E-state index in [4.69, 9.17) is 0 Å². The molecular formula is C24H45ArN3O3W2-2. The van der Waals surface area contributed by atoms with E-state index in [9.17, 15) is 14.4 Å². The van der Waals surface area contributed by atoms with Crippen molar-refractivity contribution in [1.29, 1.82) is 0 Å². The molecule has 0 radical (unpaired) electrons. The largest absolute Gasteiger partial charge is 0.662 e. The summed E-state index contributed by atoms with van der Waals surface area (Å²) in [5.41, 5.74) is 0. The van der Waals surface area contributed by atoms with Crippen molar-refractivity contribution < 1.29 is 95.7 Å². The molecule has 0 unspecified atom stereocenters. The summed E-state index contributed by atoms with van der Waals surface area (Å²) in [6, 6.07) is 0. The molecule has 0 aromatic carbocycles. The van der Waals surface area contributed by atoms with Crippen molar-refractivity contribution in [3.8, 4) is 0 Å². The van der Waals surface area contributed by atoms with Gasteiger partial charge in [-0.3, -0.25) is 0 Å². The van der Waals surface area contributed by atoms with Gasteiger partial charge in [0.1, 0.15) is 17.3 Å². The van der Waals surface area contributed by atoms with Crippen LogP contribution in [0.3, 0.4) is 0 Å². The van der Waals surface area contributed by atoms with Gasteiger partial charge in [0.05, 0.1) is 0 Å². The maximum absolute atomic E-state index is 10.7. The van der Waals surface area contributed by atoms with Gasteiger partial charge >= 0.3 is 0 Å². The number of nitrogens with zero attached hydrogens (tertiary/aromatic N) is 2. The van der Waals surface area contributed by atoms with E-state index in [1.54, 1.807) is 20.8 Å². The third-order valence-electron chi connectivity index (χ3n) is 5.97. The average Bonchev–Trinajstić information content (AvgIpc) is 2.70. The van der Waals surface area contributed by atoms with Gasteiger partial charge in [-0.2, -0.15) is 0 Å². The van der Waals surface area contributed by atoms with Gasteiger partial charge in [0, 0.05) is 101 Å². The van der Waals surface area contributed by atoms with Crippen LogP contribution < -0.4 is 5.32 Å². The monoisotopic (exact) mass is 831 g/mol. The maximum atomic E-state index is 10.7. The number of hydrogen-bond acceptors (Lipinski definition) is 4. The van der Waals surface area contributed by atoms with Crippen LogP contribution >= 0.6 is 0 Å². The molecule has 0 aromatic heterocycles. The molecule has 0 saturated carbocycles. The van der Waals surface area contributed by atoms with Crippen LogP contribution in [0.25, 0.3) is 10.6 Å². The summed E-state index contributed by atoms with van der Waals surface area (Å²) in [6.45, 7) is 11.1. The molecule has 0 aromatic rings. The minimum Gasteiger partial charge on any atom is -0.662 e. The Morgan fingerprint density at radius 3 is 1.18 bits per heavy atom. The van der Waals surface area contributed by atoms with Crippen LogP contribution in [0, 0.1) is 55.5 Å². The Kier molecular flexibility index (Phi) is 29.8. The van der Waals surface area contributed by atoms with Crippen molar-refractivity contribution in [3.63, 3.8) is 0 Å². The number of piperidine rings is 3. The summed E-state index contributed by atoms with van der Waals surface area (Å²) < 4.78 is 0. The zero-order valence-corrected chi connectivity index (χ0v) is 27.2. The van der Waals surface area contributed by atoms with Gasteiger partial charge in [0.2, 0.25) is 0 Å². The molecule has 0 amide bonds. The van der Waals surface area contributed by atoms with Crippen LogP contribution in [0.15, 0.2) is 0 Å². The van der Waals surface area contributed by atoms with E-state index >= 15 is 0 Å². The first-order valence-corrected chi connectivity index (χ1v) is 11.8. The molecule has 33 heavy (non-hydrogen) atoms. The Labute approximate surface area is 262 Å². The molecule has 3 fully saturated rings. The van der Waals surface area contributed by atoms with E-state index in [0.717, 1.165) is 84.2 Å². The second kappa shape index (κ2) is 25.2. The number of carbonyl (C=O) groups excluding carboxylic acids is 3. The van der Waals surface area contributed by atoms with E-state index < -0.39 is 0 Å². The molecule has 3 saturated heterocycles. The number of hydrogen-bond donors (Lipinski definition) is 1. The van der Waals surface area contributed by atoms with Gasteiger partial charge < -0.3 is 30.3 Å². The molecule has 1 N–H and O–H groups in total. The summed E-state index contributed by atoms with van der Waals surface area (Å²) in [4.78, 5) is 32.1. The maximum Gasteiger partial charge on any atom is 0.130 e. The van der Waals surface area contributed by atoms with E-state index in [0.29, 0.717) is 35.1 Å². The van der Waals surface area contributed by atoms with E-state index in [2.05, 4.69) is 16.0 Å². The SMILES string of the molecule is CC(=O)CC1CCNCC1.CC(=O)CC1CC[N-]CC1.CC(=O)CC1CC[N-]CC1.[Ar].[HH].[W].[W]. The summed E-state index contributed by atoms with van der Waals surface area (Å²) in [6.07, 6.45) is 9.20. The first-order valence-electron chi connectivity index (χ1n) is 11.8. The number of Topliss-reactive ketones (excluding diaryl/α,β-unsaturated/α-hetero) is 3. The van der Waals surface area contributed by atoms with Gasteiger partial charge in [0.15, 0.2) is 0 Å². The minimum absolute atomic E-state index is 0. The zero-order chi connectivity index (χ0) is 22.2. The normalized spacial score (nSPS) is 19.0. The molecule has 3 aliphatic rings. The number of rotatable bonds is 6. The first kappa shape index (κ1) is 39.0. The Morgan fingerprint density at radius 1 is 0.636 bits per heavy atom. The summed E-state index contributed by atoms with van der Waals surface area (Å²) >= 11 is 0. The van der Waals surface area contributed by atoms with Crippen LogP contribution in [0.5, 0.6) is 0 Å². The first-order chi connectivity index (χ1) is 14.4. The molecule has 0 aliphatic carbocycles. The molecule has 0 bridgehead atoms. The van der Waals surface area contributed by atoms with Crippen LogP contribution in [0.4, 0.5) is 0 Å². The fourth-order valence-electron chi connectivity index (χ4n) is 4.32. The van der Waals surface area contributed by atoms with Gasteiger partial charge in [-0.15, -0.1) is 26.2 Å². The zero-order valence-electron chi connectivity index (χ0n) is 20.6. The average molecular weight is 831 g/mol. The Balaban J connectivity index is -0.000000187. The van der Waals surface area contributed by atoms with Crippen LogP contribution in [-0.4, -0.2) is 56.6 Å². The molecule has 196 valence electrons. The molecule has 3 heterocycles. The fourth-order valence-corrected chi connectivity index (χ4v) is 4.32. The molecule has 0 spiro atoms. The molecular weight excluding hydrogens is 786 g/mol. The van der Waals surface area contributed by atoms with Crippen molar-refractivity contribution in [1.82, 2.24) is 5.32 Å². The van der Waals surface area contributed by atoms with E-state index in [-0.39, 0.29) is 81.3 Å². The Hall–Kier alpha value is 1.53. The Morgan fingerprint density at radius 2 is 0.909 bits per heavy atom. The summed E-state index contributed by atoms with van der Waals surface area (Å²) in [5, 5.41) is 11.7. The molecule has 9 heteroatoms. The molecule has 6 nitrogen and oxygen atoms in total. The second-order valence-electron chi connectivity index (χ2n) is 9.14. The minimum atomic E-state index is 0. The smallest absolute Gasteiger partial charge is 0.130 e. The second-order valence-corrected chi connectivity index (χ2v) is 9.14. The van der Waals surface area contributed by atoms with Crippen LogP contribution in [-0.2, 0) is 56.5 Å². The van der Waals surface area contributed by atoms with Crippen molar-refractivity contribution in [2.75, 3.05) is 39.3 Å². The number of carbonyl (C=O) groups is 3. The number of ketones is 3. The number of nitrogens with one attached hydrogen (secondary N) is 1. The van der Waals surface area contributed by atoms with Crippen molar-refractivity contribution in [3.05, 3.63) is 10.6 Å². The van der Waals surface area contributed by atoms with E-state index in [1.165, 1.54) is 12.8 Å².